The van der Waals surface area contributed by atoms with Crippen molar-refractivity contribution in [2.75, 3.05) is 13.6 Å². The molecule has 3 heteroatoms. The van der Waals surface area contributed by atoms with Crippen molar-refractivity contribution in [3.63, 3.8) is 0 Å². The minimum atomic E-state index is -0.150. The molecule has 0 amide bonds. The molecule has 0 radical (unpaired) electrons. The Morgan fingerprint density at radius 1 is 1.33 bits per heavy atom. The summed E-state index contributed by atoms with van der Waals surface area (Å²) in [6, 6.07) is 2.18. The van der Waals surface area contributed by atoms with Crippen LogP contribution in [0.5, 0.6) is 0 Å². The van der Waals surface area contributed by atoms with Crippen LogP contribution in [-0.2, 0) is 0 Å². The van der Waals surface area contributed by atoms with Crippen molar-refractivity contribution in [2.45, 2.75) is 63.3 Å². The molecule has 15 heavy (non-hydrogen) atoms. The van der Waals surface area contributed by atoms with Crippen LogP contribution in [0, 0.1) is 0 Å². The van der Waals surface area contributed by atoms with Crippen LogP contribution in [0.1, 0.15) is 39.0 Å². The smallest absolute Gasteiger partial charge is 0.0664 e. The third-order valence-electron chi connectivity index (χ3n) is 4.04. The fourth-order valence-electron chi connectivity index (χ4n) is 3.00. The molecule has 3 atom stereocenters. The first-order chi connectivity index (χ1) is 7.19. The molecule has 2 rings (SSSR count). The van der Waals surface area contributed by atoms with Crippen LogP contribution in [0.2, 0.25) is 0 Å². The van der Waals surface area contributed by atoms with Crippen molar-refractivity contribution < 1.29 is 5.11 Å². The third-order valence-corrected chi connectivity index (χ3v) is 4.04. The van der Waals surface area contributed by atoms with E-state index in [2.05, 4.69) is 17.3 Å². The van der Waals surface area contributed by atoms with E-state index in [4.69, 9.17) is 0 Å². The Hall–Kier alpha value is -0.120. The van der Waals surface area contributed by atoms with Gasteiger partial charge in [-0.15, -0.1) is 0 Å². The molecule has 3 nitrogen and oxygen atoms in total. The summed E-state index contributed by atoms with van der Waals surface area (Å²) in [6.07, 6.45) is 5.95. The molecule has 0 spiro atoms. The summed E-state index contributed by atoms with van der Waals surface area (Å²) in [5, 5.41) is 13.3. The summed E-state index contributed by atoms with van der Waals surface area (Å²) >= 11 is 0. The third kappa shape index (κ3) is 2.71. The average molecular weight is 212 g/mol. The second-order valence-electron chi connectivity index (χ2n) is 5.26. The van der Waals surface area contributed by atoms with E-state index in [1.807, 2.05) is 6.92 Å². The van der Waals surface area contributed by atoms with Gasteiger partial charge in [0.15, 0.2) is 0 Å². The lowest BCUT2D eigenvalue weighted by atomic mass is 9.98. The van der Waals surface area contributed by atoms with E-state index >= 15 is 0 Å². The number of nitrogens with one attached hydrogen (secondary N) is 1. The van der Waals surface area contributed by atoms with Gasteiger partial charge < -0.3 is 15.3 Å². The van der Waals surface area contributed by atoms with Crippen LogP contribution in [0.3, 0.4) is 0 Å². The number of hydrogen-bond acceptors (Lipinski definition) is 3. The molecule has 0 aromatic heterocycles. The van der Waals surface area contributed by atoms with Crippen molar-refractivity contribution in [2.24, 2.45) is 0 Å². The molecule has 0 aromatic rings. The lowest BCUT2D eigenvalue weighted by Crippen LogP contribution is -2.48. The number of nitrogens with zero attached hydrogens (tertiary/aromatic N) is 1. The largest absolute Gasteiger partial charge is 0.392 e. The van der Waals surface area contributed by atoms with E-state index in [9.17, 15) is 5.11 Å². The highest BCUT2D eigenvalue weighted by Gasteiger charge is 2.35. The second kappa shape index (κ2) is 4.81. The van der Waals surface area contributed by atoms with E-state index < -0.39 is 0 Å². The monoisotopic (exact) mass is 212 g/mol. The van der Waals surface area contributed by atoms with E-state index in [-0.39, 0.29) is 6.10 Å². The van der Waals surface area contributed by atoms with Crippen LogP contribution in [0.25, 0.3) is 0 Å². The standard InChI is InChI=1S/C12H24N2O/c1-3-12(15)8-14(2)11-6-9-4-5-10(7-11)13-9/h9-13,15H,3-8H2,1-2H3. The Morgan fingerprint density at radius 3 is 2.47 bits per heavy atom. The van der Waals surface area contributed by atoms with E-state index in [0.717, 1.165) is 25.0 Å². The molecule has 0 aromatic carbocycles. The van der Waals surface area contributed by atoms with Gasteiger partial charge in [0.25, 0.3) is 0 Å². The van der Waals surface area contributed by atoms with Gasteiger partial charge in [0, 0.05) is 24.7 Å². The van der Waals surface area contributed by atoms with Crippen LogP contribution in [0.15, 0.2) is 0 Å². The summed E-state index contributed by atoms with van der Waals surface area (Å²) in [6.45, 7) is 2.88. The normalized spacial score (nSPS) is 37.2. The summed E-state index contributed by atoms with van der Waals surface area (Å²) in [7, 11) is 2.16. The molecule has 0 aliphatic carbocycles. The molecular formula is C12H24N2O. The Balaban J connectivity index is 1.83. The fourth-order valence-corrected chi connectivity index (χ4v) is 3.00. The van der Waals surface area contributed by atoms with E-state index in [0.29, 0.717) is 6.04 Å². The molecular weight excluding hydrogens is 188 g/mol. The van der Waals surface area contributed by atoms with Gasteiger partial charge in [0.2, 0.25) is 0 Å². The van der Waals surface area contributed by atoms with Gasteiger partial charge in [-0.1, -0.05) is 6.92 Å². The van der Waals surface area contributed by atoms with Gasteiger partial charge in [-0.05, 0) is 39.2 Å². The van der Waals surface area contributed by atoms with Crippen molar-refractivity contribution >= 4 is 0 Å². The quantitative estimate of drug-likeness (QED) is 0.729. The maximum Gasteiger partial charge on any atom is 0.0664 e. The maximum absolute atomic E-state index is 9.65. The average Bonchev–Trinajstić information content (AvgIpc) is 2.57. The number of hydrogen-bond donors (Lipinski definition) is 2. The number of rotatable bonds is 4. The Bertz CT molecular complexity index is 198. The summed E-state index contributed by atoms with van der Waals surface area (Å²) in [5.41, 5.74) is 0. The number of likely N-dealkylation sites (N-methyl/N-ethyl adjacent to an activating group) is 1. The van der Waals surface area contributed by atoms with E-state index in [1.165, 1.54) is 25.7 Å². The minimum Gasteiger partial charge on any atom is -0.392 e. The molecule has 2 heterocycles. The first kappa shape index (κ1) is 11.4. The summed E-state index contributed by atoms with van der Waals surface area (Å²) in [4.78, 5) is 2.36. The highest BCUT2D eigenvalue weighted by molar-refractivity contribution is 4.95. The molecule has 2 saturated heterocycles. The molecule has 3 unspecified atom stereocenters. The summed E-state index contributed by atoms with van der Waals surface area (Å²) in [5.74, 6) is 0. The van der Waals surface area contributed by atoms with Crippen molar-refractivity contribution in [3.8, 4) is 0 Å². The number of aliphatic hydroxyl groups excluding tert-OH is 1. The van der Waals surface area contributed by atoms with Gasteiger partial charge in [0.1, 0.15) is 0 Å². The van der Waals surface area contributed by atoms with E-state index in [1.54, 1.807) is 0 Å². The Kier molecular flexibility index (Phi) is 3.65. The molecule has 2 bridgehead atoms. The van der Waals surface area contributed by atoms with Gasteiger partial charge in [-0.3, -0.25) is 0 Å². The van der Waals surface area contributed by atoms with Gasteiger partial charge in [-0.25, -0.2) is 0 Å². The fraction of sp³-hybridized carbons (Fsp3) is 1.00. The zero-order chi connectivity index (χ0) is 10.8. The summed E-state index contributed by atoms with van der Waals surface area (Å²) < 4.78 is 0. The molecule has 2 N–H and O–H groups in total. The first-order valence-electron chi connectivity index (χ1n) is 6.33. The van der Waals surface area contributed by atoms with Crippen LogP contribution >= 0.6 is 0 Å². The highest BCUT2D eigenvalue weighted by atomic mass is 16.3. The highest BCUT2D eigenvalue weighted by Crippen LogP contribution is 2.29. The van der Waals surface area contributed by atoms with Crippen LogP contribution in [0.4, 0.5) is 0 Å². The minimum absolute atomic E-state index is 0.150. The maximum atomic E-state index is 9.65. The second-order valence-corrected chi connectivity index (χ2v) is 5.26. The zero-order valence-electron chi connectivity index (χ0n) is 9.95. The van der Waals surface area contributed by atoms with Crippen molar-refractivity contribution in [1.29, 1.82) is 0 Å². The molecule has 2 aliphatic rings. The first-order valence-corrected chi connectivity index (χ1v) is 6.33. The van der Waals surface area contributed by atoms with Gasteiger partial charge >= 0.3 is 0 Å². The predicted molar refractivity (Wildman–Crippen MR) is 61.9 cm³/mol. The van der Waals surface area contributed by atoms with Crippen LogP contribution < -0.4 is 5.32 Å². The molecule has 88 valence electrons. The Morgan fingerprint density at radius 2 is 1.93 bits per heavy atom. The molecule has 2 fully saturated rings. The number of fused-ring (bicyclic) bond motifs is 2. The molecule has 2 aliphatic heterocycles. The van der Waals surface area contributed by atoms with Crippen molar-refractivity contribution in [3.05, 3.63) is 0 Å². The Labute approximate surface area is 92.8 Å². The number of piperidine rings is 1. The lowest BCUT2D eigenvalue weighted by Gasteiger charge is -2.36. The zero-order valence-corrected chi connectivity index (χ0v) is 9.95. The van der Waals surface area contributed by atoms with Gasteiger partial charge in [-0.2, -0.15) is 0 Å². The molecule has 0 saturated carbocycles. The lowest BCUT2D eigenvalue weighted by molar-refractivity contribution is 0.0838. The SMILES string of the molecule is CCC(O)CN(C)C1CC2CCC(C1)N2. The topological polar surface area (TPSA) is 35.5 Å². The van der Waals surface area contributed by atoms with Crippen LogP contribution in [-0.4, -0.2) is 47.8 Å². The van der Waals surface area contributed by atoms with Gasteiger partial charge in [0.05, 0.1) is 6.10 Å². The van der Waals surface area contributed by atoms with Crippen molar-refractivity contribution in [1.82, 2.24) is 10.2 Å². The predicted octanol–water partition coefficient (Wildman–Crippen LogP) is 0.972. The number of aliphatic hydroxyl groups is 1.